The molecule has 3 aromatic heterocycles. The van der Waals surface area contributed by atoms with Crippen molar-refractivity contribution in [2.24, 2.45) is 5.92 Å². The van der Waals surface area contributed by atoms with Crippen molar-refractivity contribution in [2.45, 2.75) is 31.7 Å². The Kier molecular flexibility index (Phi) is 5.87. The van der Waals surface area contributed by atoms with E-state index in [2.05, 4.69) is 37.4 Å². The third-order valence-corrected chi connectivity index (χ3v) is 6.71. The minimum atomic E-state index is 0.0389. The maximum Gasteiger partial charge on any atom is 0.228 e. The van der Waals surface area contributed by atoms with Gasteiger partial charge in [0.1, 0.15) is 5.82 Å². The lowest BCUT2D eigenvalue weighted by atomic mass is 9.92. The van der Waals surface area contributed by atoms with Crippen LogP contribution in [0, 0.1) is 5.92 Å². The summed E-state index contributed by atoms with van der Waals surface area (Å²) in [6.07, 6.45) is 8.07. The topological polar surface area (TPSA) is 84.7 Å². The number of carbonyl (C=O) groups excluding carboxylic acids is 1. The van der Waals surface area contributed by atoms with E-state index in [0.29, 0.717) is 25.7 Å². The van der Waals surface area contributed by atoms with E-state index >= 15 is 0 Å². The fourth-order valence-electron chi connectivity index (χ4n) is 4.37. The highest BCUT2D eigenvalue weighted by Crippen LogP contribution is 2.31. The molecule has 31 heavy (non-hydrogen) atoms. The lowest BCUT2D eigenvalue weighted by Gasteiger charge is -2.33. The number of pyridine rings is 1. The summed E-state index contributed by atoms with van der Waals surface area (Å²) in [5.41, 5.74) is 2.94. The molecule has 1 amide bonds. The quantitative estimate of drug-likeness (QED) is 0.598. The number of carbonyl (C=O) groups is 1. The van der Waals surface area contributed by atoms with Crippen molar-refractivity contribution in [2.75, 3.05) is 31.6 Å². The second-order valence-electron chi connectivity index (χ2n) is 8.17. The monoisotopic (exact) mass is 484 g/mol. The van der Waals surface area contributed by atoms with Gasteiger partial charge in [-0.25, -0.2) is 4.98 Å². The second-order valence-corrected chi connectivity index (χ2v) is 9.02. The van der Waals surface area contributed by atoms with Crippen molar-refractivity contribution in [3.05, 3.63) is 52.5 Å². The molecule has 162 valence electrons. The molecule has 5 heterocycles. The molecule has 2 fully saturated rings. The van der Waals surface area contributed by atoms with E-state index in [-0.39, 0.29) is 11.8 Å². The van der Waals surface area contributed by atoms with Gasteiger partial charge in [0, 0.05) is 56.3 Å². The highest BCUT2D eigenvalue weighted by Gasteiger charge is 2.31. The molecule has 8 nitrogen and oxygen atoms in total. The predicted octanol–water partition coefficient (Wildman–Crippen LogP) is 3.24. The van der Waals surface area contributed by atoms with Crippen LogP contribution in [0.2, 0.25) is 0 Å². The van der Waals surface area contributed by atoms with Gasteiger partial charge in [0.05, 0.1) is 23.2 Å². The molecule has 0 aromatic carbocycles. The van der Waals surface area contributed by atoms with Gasteiger partial charge in [-0.15, -0.1) is 0 Å². The lowest BCUT2D eigenvalue weighted by molar-refractivity contribution is -0.136. The van der Waals surface area contributed by atoms with Gasteiger partial charge in [-0.3, -0.25) is 9.78 Å². The minimum Gasteiger partial charge on any atom is -0.381 e. The molecule has 2 saturated heterocycles. The van der Waals surface area contributed by atoms with Crippen LogP contribution in [-0.2, 0) is 16.1 Å². The number of piperidine rings is 1. The van der Waals surface area contributed by atoms with Crippen molar-refractivity contribution in [3.8, 4) is 0 Å². The SMILES string of the molecule is O=C(C1CCOC1)N1CCC(c2cc(NCc3cccnc3)n3ncc(Br)c3n2)CC1. The first-order valence-corrected chi connectivity index (χ1v) is 11.5. The zero-order valence-corrected chi connectivity index (χ0v) is 18.8. The first-order chi connectivity index (χ1) is 15.2. The summed E-state index contributed by atoms with van der Waals surface area (Å²) in [4.78, 5) is 23.8. The number of likely N-dealkylation sites (tertiary alicyclic amines) is 1. The van der Waals surface area contributed by atoms with Crippen LogP contribution in [-0.4, -0.2) is 56.7 Å². The van der Waals surface area contributed by atoms with Crippen LogP contribution in [0.3, 0.4) is 0 Å². The Morgan fingerprint density at radius 2 is 2.13 bits per heavy atom. The zero-order chi connectivity index (χ0) is 21.2. The summed E-state index contributed by atoms with van der Waals surface area (Å²) in [6, 6.07) is 6.07. The minimum absolute atomic E-state index is 0.0389. The van der Waals surface area contributed by atoms with Crippen molar-refractivity contribution >= 4 is 33.3 Å². The third-order valence-electron chi connectivity index (χ3n) is 6.15. The first kappa shape index (κ1) is 20.4. The Morgan fingerprint density at radius 1 is 1.26 bits per heavy atom. The number of amides is 1. The van der Waals surface area contributed by atoms with E-state index in [1.165, 1.54) is 0 Å². The van der Waals surface area contributed by atoms with Crippen LogP contribution in [0.15, 0.2) is 41.3 Å². The molecule has 2 aliphatic rings. The number of hydrogen-bond donors (Lipinski definition) is 1. The smallest absolute Gasteiger partial charge is 0.228 e. The van der Waals surface area contributed by atoms with Crippen molar-refractivity contribution < 1.29 is 9.53 Å². The van der Waals surface area contributed by atoms with E-state index < -0.39 is 0 Å². The number of aromatic nitrogens is 4. The fourth-order valence-corrected chi connectivity index (χ4v) is 4.72. The number of nitrogens with zero attached hydrogens (tertiary/aromatic N) is 5. The maximum absolute atomic E-state index is 12.7. The molecule has 9 heteroatoms. The van der Waals surface area contributed by atoms with Gasteiger partial charge < -0.3 is 15.0 Å². The van der Waals surface area contributed by atoms with Crippen molar-refractivity contribution in [1.82, 2.24) is 24.5 Å². The lowest BCUT2D eigenvalue weighted by Crippen LogP contribution is -2.41. The molecular formula is C22H25BrN6O2. The number of rotatable bonds is 5. The first-order valence-electron chi connectivity index (χ1n) is 10.7. The Bertz CT molecular complexity index is 1060. The molecular weight excluding hydrogens is 460 g/mol. The molecule has 1 unspecified atom stereocenters. The largest absolute Gasteiger partial charge is 0.381 e. The van der Waals surface area contributed by atoms with Gasteiger partial charge in [-0.1, -0.05) is 6.07 Å². The summed E-state index contributed by atoms with van der Waals surface area (Å²) in [5, 5.41) is 7.94. The summed E-state index contributed by atoms with van der Waals surface area (Å²) < 4.78 is 8.08. The average Bonchev–Trinajstić information content (AvgIpc) is 3.48. The molecule has 0 spiro atoms. The van der Waals surface area contributed by atoms with Gasteiger partial charge in [0.2, 0.25) is 5.91 Å². The molecule has 0 bridgehead atoms. The van der Waals surface area contributed by atoms with Gasteiger partial charge >= 0.3 is 0 Å². The van der Waals surface area contributed by atoms with E-state index in [1.54, 1.807) is 12.4 Å². The maximum atomic E-state index is 12.7. The Labute approximate surface area is 189 Å². The van der Waals surface area contributed by atoms with E-state index in [1.807, 2.05) is 27.7 Å². The molecule has 3 aromatic rings. The summed E-state index contributed by atoms with van der Waals surface area (Å²) in [5.74, 6) is 1.50. The normalized spacial score (nSPS) is 19.8. The second kappa shape index (κ2) is 8.92. The van der Waals surface area contributed by atoms with Gasteiger partial charge in [-0.05, 0) is 46.8 Å². The van der Waals surface area contributed by atoms with E-state index in [4.69, 9.17) is 9.72 Å². The van der Waals surface area contributed by atoms with Crippen molar-refractivity contribution in [3.63, 3.8) is 0 Å². The number of fused-ring (bicyclic) bond motifs is 1. The number of ether oxygens (including phenoxy) is 1. The van der Waals surface area contributed by atoms with Crippen LogP contribution in [0.1, 0.15) is 36.4 Å². The number of hydrogen-bond acceptors (Lipinski definition) is 6. The molecule has 1 N–H and O–H groups in total. The van der Waals surface area contributed by atoms with E-state index in [0.717, 1.165) is 59.5 Å². The third kappa shape index (κ3) is 4.29. The van der Waals surface area contributed by atoms with Crippen LogP contribution in [0.5, 0.6) is 0 Å². The van der Waals surface area contributed by atoms with Crippen LogP contribution < -0.4 is 5.32 Å². The molecule has 0 radical (unpaired) electrons. The molecule has 0 saturated carbocycles. The highest BCUT2D eigenvalue weighted by molar-refractivity contribution is 9.10. The summed E-state index contributed by atoms with van der Waals surface area (Å²) >= 11 is 3.57. The standard InChI is InChI=1S/C22H25BrN6O2/c23-18-13-26-29-20(25-12-15-2-1-6-24-11-15)10-19(27-21(18)29)16-3-7-28(8-4-16)22(30)17-5-9-31-14-17/h1-2,6,10-11,13,16-17,25H,3-5,7-9,12,14H2. The molecule has 5 rings (SSSR count). The fraction of sp³-hybridized carbons (Fsp3) is 0.455. The molecule has 1 atom stereocenters. The average molecular weight is 485 g/mol. The van der Waals surface area contributed by atoms with Crippen LogP contribution in [0.4, 0.5) is 5.82 Å². The summed E-state index contributed by atoms with van der Waals surface area (Å²) in [6.45, 7) is 3.46. The van der Waals surface area contributed by atoms with Crippen LogP contribution >= 0.6 is 15.9 Å². The highest BCUT2D eigenvalue weighted by atomic mass is 79.9. The molecule has 0 aliphatic carbocycles. The van der Waals surface area contributed by atoms with Crippen molar-refractivity contribution in [1.29, 1.82) is 0 Å². The molecule has 2 aliphatic heterocycles. The number of nitrogens with one attached hydrogen (secondary N) is 1. The Hall–Kier alpha value is -2.52. The van der Waals surface area contributed by atoms with E-state index in [9.17, 15) is 4.79 Å². The Morgan fingerprint density at radius 3 is 2.87 bits per heavy atom. The number of halogens is 1. The predicted molar refractivity (Wildman–Crippen MR) is 120 cm³/mol. The number of anilines is 1. The van der Waals surface area contributed by atoms with Crippen LogP contribution in [0.25, 0.3) is 5.65 Å². The van der Waals surface area contributed by atoms with Gasteiger partial charge in [0.25, 0.3) is 0 Å². The summed E-state index contributed by atoms with van der Waals surface area (Å²) in [7, 11) is 0. The van der Waals surface area contributed by atoms with Gasteiger partial charge in [-0.2, -0.15) is 9.61 Å². The van der Waals surface area contributed by atoms with Gasteiger partial charge in [0.15, 0.2) is 5.65 Å². The zero-order valence-electron chi connectivity index (χ0n) is 17.2. The Balaban J connectivity index is 1.32.